The molecule has 1 aromatic carbocycles. The molecule has 1 aromatic heterocycles. The number of nitrogens with one attached hydrogen (secondary N) is 1. The van der Waals surface area contributed by atoms with E-state index in [-0.39, 0.29) is 11.9 Å². The Bertz CT molecular complexity index is 568. The van der Waals surface area contributed by atoms with Gasteiger partial charge < -0.3 is 11.1 Å². The van der Waals surface area contributed by atoms with Crippen LogP contribution in [0.1, 0.15) is 26.8 Å². The van der Waals surface area contributed by atoms with Crippen LogP contribution in [-0.4, -0.2) is 12.5 Å². The molecule has 5 heteroatoms. The molecule has 3 nitrogen and oxygen atoms in total. The zero-order valence-electron chi connectivity index (χ0n) is 10.5. The summed E-state index contributed by atoms with van der Waals surface area (Å²) in [6.45, 7) is 2.27. The van der Waals surface area contributed by atoms with E-state index >= 15 is 0 Å². The van der Waals surface area contributed by atoms with Crippen molar-refractivity contribution in [3.8, 4) is 0 Å². The average molecular weight is 295 g/mol. The number of hydrogen-bond acceptors (Lipinski definition) is 3. The number of nitrogens with two attached hydrogens (primary N) is 1. The van der Waals surface area contributed by atoms with E-state index in [1.165, 1.54) is 11.3 Å². The van der Waals surface area contributed by atoms with Crippen molar-refractivity contribution >= 4 is 28.8 Å². The molecule has 100 valence electrons. The number of halogens is 1. The van der Waals surface area contributed by atoms with E-state index in [0.717, 1.165) is 11.1 Å². The van der Waals surface area contributed by atoms with Crippen LogP contribution in [0.4, 0.5) is 0 Å². The zero-order valence-corrected chi connectivity index (χ0v) is 12.1. The molecule has 0 spiro atoms. The van der Waals surface area contributed by atoms with Crippen LogP contribution in [0.2, 0.25) is 5.02 Å². The molecule has 19 heavy (non-hydrogen) atoms. The second-order valence-corrected chi connectivity index (χ2v) is 5.55. The second-order valence-electron chi connectivity index (χ2n) is 4.29. The van der Waals surface area contributed by atoms with Gasteiger partial charge in [0.1, 0.15) is 4.88 Å². The Morgan fingerprint density at radius 3 is 2.68 bits per heavy atom. The number of thiophene rings is 1. The van der Waals surface area contributed by atoms with Gasteiger partial charge in [-0.3, -0.25) is 4.79 Å². The third-order valence-corrected chi connectivity index (χ3v) is 4.51. The lowest BCUT2D eigenvalue weighted by atomic mass is 10.1. The molecule has 0 bridgehead atoms. The highest BCUT2D eigenvalue weighted by Crippen LogP contribution is 2.26. The van der Waals surface area contributed by atoms with E-state index in [4.69, 9.17) is 17.3 Å². The van der Waals surface area contributed by atoms with Crippen molar-refractivity contribution in [2.24, 2.45) is 5.73 Å². The van der Waals surface area contributed by atoms with Crippen LogP contribution in [0, 0.1) is 6.92 Å². The molecule has 2 rings (SSSR count). The zero-order chi connectivity index (χ0) is 13.8. The van der Waals surface area contributed by atoms with Crippen LogP contribution in [0.15, 0.2) is 35.7 Å². The van der Waals surface area contributed by atoms with Gasteiger partial charge in [-0.15, -0.1) is 11.3 Å². The van der Waals surface area contributed by atoms with Gasteiger partial charge in [0.2, 0.25) is 0 Å². The number of rotatable bonds is 4. The number of hydrogen-bond donors (Lipinski definition) is 2. The summed E-state index contributed by atoms with van der Waals surface area (Å²) in [6.07, 6.45) is 0. The minimum atomic E-state index is -0.218. The number of amides is 1. The lowest BCUT2D eigenvalue weighted by molar-refractivity contribution is 0.0955. The van der Waals surface area contributed by atoms with Gasteiger partial charge in [0, 0.05) is 12.6 Å². The van der Waals surface area contributed by atoms with Crippen molar-refractivity contribution in [3.63, 3.8) is 0 Å². The fourth-order valence-corrected chi connectivity index (χ4v) is 2.88. The van der Waals surface area contributed by atoms with Gasteiger partial charge in [-0.05, 0) is 23.4 Å². The van der Waals surface area contributed by atoms with Crippen LogP contribution in [0.25, 0.3) is 0 Å². The summed E-state index contributed by atoms with van der Waals surface area (Å²) < 4.78 is 0. The number of carbonyl (C=O) groups excluding carboxylic acids is 1. The normalized spacial score (nSPS) is 12.2. The van der Waals surface area contributed by atoms with Gasteiger partial charge in [-0.2, -0.15) is 0 Å². The molecule has 0 fully saturated rings. The largest absolute Gasteiger partial charge is 0.349 e. The topological polar surface area (TPSA) is 55.1 Å². The highest BCUT2D eigenvalue weighted by Gasteiger charge is 2.15. The Hall–Kier alpha value is -1.36. The first-order valence-corrected chi connectivity index (χ1v) is 7.17. The molecule has 1 unspecified atom stereocenters. The molecular formula is C14H15ClN2OS. The van der Waals surface area contributed by atoms with Crippen LogP contribution in [0.3, 0.4) is 0 Å². The Morgan fingerprint density at radius 1 is 1.42 bits per heavy atom. The minimum Gasteiger partial charge on any atom is -0.349 e. The van der Waals surface area contributed by atoms with Gasteiger partial charge in [-0.1, -0.05) is 41.9 Å². The lowest BCUT2D eigenvalue weighted by Crippen LogP contribution is -2.31. The SMILES string of the molecule is Cc1csc(C(=O)NCC(N)c2ccccc2)c1Cl. The van der Waals surface area contributed by atoms with E-state index in [9.17, 15) is 4.79 Å². The molecule has 1 heterocycles. The van der Waals surface area contributed by atoms with Crippen molar-refractivity contribution in [1.82, 2.24) is 5.32 Å². The van der Waals surface area contributed by atoms with E-state index < -0.39 is 0 Å². The van der Waals surface area contributed by atoms with Crippen LogP contribution >= 0.6 is 22.9 Å². The van der Waals surface area contributed by atoms with Gasteiger partial charge in [0.05, 0.1) is 5.02 Å². The molecule has 0 aliphatic rings. The molecule has 0 radical (unpaired) electrons. The standard InChI is InChI=1S/C14H15ClN2OS/c1-9-8-19-13(12(9)15)14(18)17-7-11(16)10-5-3-2-4-6-10/h2-6,8,11H,7,16H2,1H3,(H,17,18). The van der Waals surface area contributed by atoms with Crippen molar-refractivity contribution < 1.29 is 4.79 Å². The van der Waals surface area contributed by atoms with E-state index in [2.05, 4.69) is 5.32 Å². The fourth-order valence-electron chi connectivity index (χ4n) is 1.68. The third kappa shape index (κ3) is 3.35. The van der Waals surface area contributed by atoms with Crippen molar-refractivity contribution in [2.45, 2.75) is 13.0 Å². The Labute approximate surface area is 121 Å². The minimum absolute atomic E-state index is 0.172. The summed E-state index contributed by atoms with van der Waals surface area (Å²) in [7, 11) is 0. The number of carbonyl (C=O) groups is 1. The quantitative estimate of drug-likeness (QED) is 0.910. The number of aryl methyl sites for hydroxylation is 1. The van der Waals surface area contributed by atoms with E-state index in [1.54, 1.807) is 0 Å². The molecule has 0 aliphatic carbocycles. The third-order valence-electron chi connectivity index (χ3n) is 2.82. The first-order chi connectivity index (χ1) is 9.09. The summed E-state index contributed by atoms with van der Waals surface area (Å²) in [5.41, 5.74) is 7.94. The summed E-state index contributed by atoms with van der Waals surface area (Å²) in [5, 5.41) is 5.21. The van der Waals surface area contributed by atoms with Gasteiger partial charge in [-0.25, -0.2) is 0 Å². The highest BCUT2D eigenvalue weighted by molar-refractivity contribution is 7.13. The van der Waals surface area contributed by atoms with Gasteiger partial charge in [0.25, 0.3) is 5.91 Å². The predicted molar refractivity (Wildman–Crippen MR) is 79.8 cm³/mol. The van der Waals surface area contributed by atoms with Crippen LogP contribution in [0.5, 0.6) is 0 Å². The van der Waals surface area contributed by atoms with Crippen LogP contribution in [-0.2, 0) is 0 Å². The summed E-state index contributed by atoms with van der Waals surface area (Å²) in [5.74, 6) is -0.172. The smallest absolute Gasteiger partial charge is 0.262 e. The molecule has 3 N–H and O–H groups in total. The maximum absolute atomic E-state index is 12.0. The molecule has 1 amide bonds. The average Bonchev–Trinajstić information content (AvgIpc) is 2.77. The maximum atomic E-state index is 12.0. The Balaban J connectivity index is 1.96. The maximum Gasteiger partial charge on any atom is 0.262 e. The Kier molecular flexibility index (Phi) is 4.58. The van der Waals surface area contributed by atoms with Crippen molar-refractivity contribution in [3.05, 3.63) is 56.7 Å². The monoisotopic (exact) mass is 294 g/mol. The second kappa shape index (κ2) is 6.19. The summed E-state index contributed by atoms with van der Waals surface area (Å²) >= 11 is 7.40. The van der Waals surface area contributed by atoms with Crippen LogP contribution < -0.4 is 11.1 Å². The summed E-state index contributed by atoms with van der Waals surface area (Å²) in [6, 6.07) is 9.46. The number of benzene rings is 1. The Morgan fingerprint density at radius 2 is 2.11 bits per heavy atom. The van der Waals surface area contributed by atoms with E-state index in [1.807, 2.05) is 42.6 Å². The first-order valence-electron chi connectivity index (χ1n) is 5.92. The molecule has 0 aliphatic heterocycles. The molecule has 2 aromatic rings. The van der Waals surface area contributed by atoms with Crippen molar-refractivity contribution in [2.75, 3.05) is 6.54 Å². The summed E-state index contributed by atoms with van der Waals surface area (Å²) in [4.78, 5) is 12.5. The molecule has 0 saturated heterocycles. The lowest BCUT2D eigenvalue weighted by Gasteiger charge is -2.12. The van der Waals surface area contributed by atoms with Crippen molar-refractivity contribution in [1.29, 1.82) is 0 Å². The molecule has 0 saturated carbocycles. The van der Waals surface area contributed by atoms with E-state index in [0.29, 0.717) is 16.4 Å². The fraction of sp³-hybridized carbons (Fsp3) is 0.214. The predicted octanol–water partition coefficient (Wildman–Crippen LogP) is 3.14. The van der Waals surface area contributed by atoms with Gasteiger partial charge in [0.15, 0.2) is 0 Å². The first kappa shape index (κ1) is 14.1. The van der Waals surface area contributed by atoms with Gasteiger partial charge >= 0.3 is 0 Å². The molecular weight excluding hydrogens is 280 g/mol. The molecule has 1 atom stereocenters. The highest BCUT2D eigenvalue weighted by atomic mass is 35.5.